The van der Waals surface area contributed by atoms with Crippen LogP contribution in [0.15, 0.2) is 24.3 Å². The second kappa shape index (κ2) is 5.80. The Labute approximate surface area is 107 Å². The van der Waals surface area contributed by atoms with Gasteiger partial charge in [0.25, 0.3) is 0 Å². The number of rotatable bonds is 4. The third kappa shape index (κ3) is 3.78. The molecular formula is C13H18FNO2S. The maximum absolute atomic E-state index is 13.4. The van der Waals surface area contributed by atoms with Gasteiger partial charge in [0.15, 0.2) is 9.84 Å². The van der Waals surface area contributed by atoms with E-state index < -0.39 is 15.7 Å². The van der Waals surface area contributed by atoms with Crippen LogP contribution in [0.4, 0.5) is 4.39 Å². The van der Waals surface area contributed by atoms with Crippen molar-refractivity contribution in [1.82, 2.24) is 5.32 Å². The molecule has 0 bridgehead atoms. The zero-order valence-electron chi connectivity index (χ0n) is 10.2. The SMILES string of the molecule is O=S(=O)(Cc1ccccc1F)CC1CCCNC1. The van der Waals surface area contributed by atoms with Crippen LogP contribution in [0.2, 0.25) is 0 Å². The topological polar surface area (TPSA) is 46.2 Å². The third-order valence-electron chi connectivity index (χ3n) is 3.22. The van der Waals surface area contributed by atoms with Gasteiger partial charge in [-0.05, 0) is 37.9 Å². The Balaban J connectivity index is 2.01. The molecule has 5 heteroatoms. The fraction of sp³-hybridized carbons (Fsp3) is 0.538. The Morgan fingerprint density at radius 1 is 1.33 bits per heavy atom. The van der Waals surface area contributed by atoms with Gasteiger partial charge in [-0.25, -0.2) is 12.8 Å². The number of hydrogen-bond donors (Lipinski definition) is 1. The lowest BCUT2D eigenvalue weighted by Gasteiger charge is -2.22. The van der Waals surface area contributed by atoms with E-state index in [4.69, 9.17) is 0 Å². The number of hydrogen-bond acceptors (Lipinski definition) is 3. The summed E-state index contributed by atoms with van der Waals surface area (Å²) in [4.78, 5) is 0. The molecule has 1 saturated heterocycles. The van der Waals surface area contributed by atoms with E-state index in [-0.39, 0.29) is 23.0 Å². The second-order valence-corrected chi connectivity index (χ2v) is 6.97. The van der Waals surface area contributed by atoms with Crippen molar-refractivity contribution in [1.29, 1.82) is 0 Å². The van der Waals surface area contributed by atoms with Gasteiger partial charge in [-0.1, -0.05) is 18.2 Å². The first kappa shape index (κ1) is 13.5. The molecular weight excluding hydrogens is 253 g/mol. The lowest BCUT2D eigenvalue weighted by Crippen LogP contribution is -2.34. The van der Waals surface area contributed by atoms with Crippen LogP contribution in [0.3, 0.4) is 0 Å². The largest absolute Gasteiger partial charge is 0.316 e. The molecule has 18 heavy (non-hydrogen) atoms. The molecule has 3 nitrogen and oxygen atoms in total. The fourth-order valence-electron chi connectivity index (χ4n) is 2.34. The van der Waals surface area contributed by atoms with Crippen molar-refractivity contribution in [2.45, 2.75) is 18.6 Å². The predicted molar refractivity (Wildman–Crippen MR) is 69.5 cm³/mol. The molecule has 0 aliphatic carbocycles. The highest BCUT2D eigenvalue weighted by Gasteiger charge is 2.22. The Morgan fingerprint density at radius 3 is 2.78 bits per heavy atom. The van der Waals surface area contributed by atoms with Crippen molar-refractivity contribution in [3.05, 3.63) is 35.6 Å². The molecule has 100 valence electrons. The minimum absolute atomic E-state index is 0.147. The maximum Gasteiger partial charge on any atom is 0.154 e. The molecule has 0 amide bonds. The van der Waals surface area contributed by atoms with E-state index in [1.165, 1.54) is 12.1 Å². The Morgan fingerprint density at radius 2 is 2.11 bits per heavy atom. The van der Waals surface area contributed by atoms with Gasteiger partial charge in [-0.3, -0.25) is 0 Å². The first-order valence-electron chi connectivity index (χ1n) is 6.21. The van der Waals surface area contributed by atoms with E-state index in [1.54, 1.807) is 12.1 Å². The summed E-state index contributed by atoms with van der Waals surface area (Å²) in [6.45, 7) is 1.71. The van der Waals surface area contributed by atoms with E-state index in [2.05, 4.69) is 5.32 Å². The van der Waals surface area contributed by atoms with E-state index in [9.17, 15) is 12.8 Å². The van der Waals surface area contributed by atoms with E-state index >= 15 is 0 Å². The van der Waals surface area contributed by atoms with Crippen LogP contribution in [-0.4, -0.2) is 27.3 Å². The minimum Gasteiger partial charge on any atom is -0.316 e. The highest BCUT2D eigenvalue weighted by atomic mass is 32.2. The van der Waals surface area contributed by atoms with Gasteiger partial charge in [-0.15, -0.1) is 0 Å². The van der Waals surface area contributed by atoms with Gasteiger partial charge in [0, 0.05) is 5.56 Å². The highest BCUT2D eigenvalue weighted by molar-refractivity contribution is 7.90. The molecule has 0 spiro atoms. The average molecular weight is 271 g/mol. The zero-order chi connectivity index (χ0) is 13.0. The molecule has 1 heterocycles. The van der Waals surface area contributed by atoms with Gasteiger partial charge in [0.05, 0.1) is 11.5 Å². The summed E-state index contributed by atoms with van der Waals surface area (Å²) in [5.41, 5.74) is 0.265. The highest BCUT2D eigenvalue weighted by Crippen LogP contribution is 2.17. The summed E-state index contributed by atoms with van der Waals surface area (Å²) in [7, 11) is -3.24. The number of nitrogens with one attached hydrogen (secondary N) is 1. The first-order valence-corrected chi connectivity index (χ1v) is 8.03. The van der Waals surface area contributed by atoms with Crippen LogP contribution in [0, 0.1) is 11.7 Å². The third-order valence-corrected chi connectivity index (χ3v) is 4.95. The standard InChI is InChI=1S/C13H18FNO2S/c14-13-6-2-1-5-12(13)10-18(16,17)9-11-4-3-7-15-8-11/h1-2,5-6,11,15H,3-4,7-10H2. The van der Waals surface area contributed by atoms with Crippen molar-refractivity contribution >= 4 is 9.84 Å². The smallest absolute Gasteiger partial charge is 0.154 e. The van der Waals surface area contributed by atoms with Gasteiger partial charge in [-0.2, -0.15) is 0 Å². The van der Waals surface area contributed by atoms with Crippen molar-refractivity contribution in [3.8, 4) is 0 Å². The Kier molecular flexibility index (Phi) is 4.35. The summed E-state index contributed by atoms with van der Waals surface area (Å²) in [5.74, 6) is -0.330. The van der Waals surface area contributed by atoms with Gasteiger partial charge >= 0.3 is 0 Å². The van der Waals surface area contributed by atoms with Crippen LogP contribution in [-0.2, 0) is 15.6 Å². The van der Waals surface area contributed by atoms with E-state index in [1.807, 2.05) is 0 Å². The number of sulfone groups is 1. The van der Waals surface area contributed by atoms with Crippen LogP contribution in [0.25, 0.3) is 0 Å². The summed E-state index contributed by atoms with van der Waals surface area (Å²) >= 11 is 0. The summed E-state index contributed by atoms with van der Waals surface area (Å²) in [6, 6.07) is 6.06. The van der Waals surface area contributed by atoms with Gasteiger partial charge < -0.3 is 5.32 Å². The monoisotopic (exact) mass is 271 g/mol. The van der Waals surface area contributed by atoms with Crippen LogP contribution in [0.5, 0.6) is 0 Å². The maximum atomic E-state index is 13.4. The molecule has 0 aromatic heterocycles. The summed E-state index contributed by atoms with van der Waals surface area (Å²) in [5, 5.41) is 3.19. The second-order valence-electron chi connectivity index (χ2n) is 4.86. The average Bonchev–Trinajstić information content (AvgIpc) is 2.32. The molecule has 1 N–H and O–H groups in total. The molecule has 1 aliphatic heterocycles. The molecule has 1 aromatic rings. The van der Waals surface area contributed by atoms with E-state index in [0.717, 1.165) is 25.9 Å². The van der Waals surface area contributed by atoms with Crippen LogP contribution < -0.4 is 5.32 Å². The van der Waals surface area contributed by atoms with Crippen molar-refractivity contribution in [2.24, 2.45) is 5.92 Å². The molecule has 1 atom stereocenters. The Bertz CT molecular complexity index is 495. The van der Waals surface area contributed by atoms with Gasteiger partial charge in [0.2, 0.25) is 0 Å². The first-order chi connectivity index (χ1) is 8.57. The van der Waals surface area contributed by atoms with Gasteiger partial charge in [0.1, 0.15) is 5.82 Å². The molecule has 1 unspecified atom stereocenters. The van der Waals surface area contributed by atoms with E-state index in [0.29, 0.717) is 0 Å². The molecule has 1 aliphatic rings. The number of benzene rings is 1. The molecule has 1 fully saturated rings. The normalized spacial score (nSPS) is 20.8. The molecule has 1 aromatic carbocycles. The molecule has 0 saturated carbocycles. The summed E-state index contributed by atoms with van der Waals surface area (Å²) in [6.07, 6.45) is 1.95. The predicted octanol–water partition coefficient (Wildman–Crippen LogP) is 1.74. The molecule has 2 rings (SSSR count). The fourth-order valence-corrected chi connectivity index (χ4v) is 4.17. The van der Waals surface area contributed by atoms with Crippen molar-refractivity contribution in [3.63, 3.8) is 0 Å². The summed E-state index contributed by atoms with van der Waals surface area (Å²) < 4.78 is 37.5. The van der Waals surface area contributed by atoms with Crippen LogP contribution >= 0.6 is 0 Å². The lowest BCUT2D eigenvalue weighted by molar-refractivity contribution is 0.404. The minimum atomic E-state index is -3.24. The van der Waals surface area contributed by atoms with Crippen molar-refractivity contribution < 1.29 is 12.8 Å². The molecule has 0 radical (unpaired) electrons. The Hall–Kier alpha value is -0.940. The zero-order valence-corrected chi connectivity index (χ0v) is 11.0. The number of piperidine rings is 1. The number of halogens is 1. The lowest BCUT2D eigenvalue weighted by atomic mass is 10.0. The van der Waals surface area contributed by atoms with Crippen molar-refractivity contribution in [2.75, 3.05) is 18.8 Å². The quantitative estimate of drug-likeness (QED) is 0.907. The van der Waals surface area contributed by atoms with Crippen LogP contribution in [0.1, 0.15) is 18.4 Å².